The smallest absolute Gasteiger partial charge is 0.258 e. The zero-order chi connectivity index (χ0) is 14.5. The number of benzene rings is 2. The summed E-state index contributed by atoms with van der Waals surface area (Å²) in [5.41, 5.74) is 8.09. The van der Waals surface area contributed by atoms with E-state index in [2.05, 4.69) is 0 Å². The highest BCUT2D eigenvalue weighted by molar-refractivity contribution is 6.06. The molecule has 20 heavy (non-hydrogen) atoms. The molecule has 0 saturated carbocycles. The first kappa shape index (κ1) is 14.1. The van der Waals surface area contributed by atoms with E-state index in [-0.39, 0.29) is 5.91 Å². The number of nitrogens with zero attached hydrogens (tertiary/aromatic N) is 1. The molecule has 2 aromatic carbocycles. The summed E-state index contributed by atoms with van der Waals surface area (Å²) in [7, 11) is 3.35. The molecule has 0 aliphatic rings. The third kappa shape index (κ3) is 2.81. The second-order valence-corrected chi connectivity index (χ2v) is 4.43. The molecule has 2 N–H and O–H groups in total. The van der Waals surface area contributed by atoms with E-state index in [1.807, 2.05) is 24.3 Å². The predicted molar refractivity (Wildman–Crippen MR) is 80.1 cm³/mol. The molecule has 0 spiro atoms. The number of carbonyl (C=O) groups is 1. The minimum absolute atomic E-state index is 0.0754. The summed E-state index contributed by atoms with van der Waals surface area (Å²) in [5, 5.41) is 0. The molecule has 4 heteroatoms. The van der Waals surface area contributed by atoms with Crippen molar-refractivity contribution >= 4 is 11.6 Å². The van der Waals surface area contributed by atoms with Gasteiger partial charge in [-0.3, -0.25) is 4.79 Å². The van der Waals surface area contributed by atoms with Crippen LogP contribution in [-0.4, -0.2) is 20.1 Å². The molecule has 0 aliphatic heterocycles. The molecular formula is C16H18N2O2. The molecule has 0 radical (unpaired) electrons. The minimum atomic E-state index is -0.0754. The van der Waals surface area contributed by atoms with E-state index in [4.69, 9.17) is 10.5 Å². The van der Waals surface area contributed by atoms with E-state index < -0.39 is 0 Å². The first-order valence-corrected chi connectivity index (χ1v) is 6.37. The van der Waals surface area contributed by atoms with Gasteiger partial charge in [0.25, 0.3) is 5.91 Å². The zero-order valence-electron chi connectivity index (χ0n) is 11.7. The number of rotatable bonds is 4. The molecule has 0 saturated heterocycles. The summed E-state index contributed by atoms with van der Waals surface area (Å²) in [5.74, 6) is 0.653. The fourth-order valence-corrected chi connectivity index (χ4v) is 2.05. The van der Waals surface area contributed by atoms with Crippen LogP contribution in [0.25, 0.3) is 0 Å². The average molecular weight is 270 g/mol. The molecule has 4 nitrogen and oxygen atoms in total. The summed E-state index contributed by atoms with van der Waals surface area (Å²) in [6, 6.07) is 14.7. The fourth-order valence-electron chi connectivity index (χ4n) is 2.05. The number of nitrogens with two attached hydrogens (primary N) is 1. The van der Waals surface area contributed by atoms with Crippen LogP contribution in [0.5, 0.6) is 5.75 Å². The number of ether oxygens (including phenoxy) is 1. The summed E-state index contributed by atoms with van der Waals surface area (Å²) < 4.78 is 5.09. The maximum Gasteiger partial charge on any atom is 0.258 e. The molecular weight excluding hydrogens is 252 g/mol. The van der Waals surface area contributed by atoms with E-state index in [0.29, 0.717) is 12.1 Å². The van der Waals surface area contributed by atoms with Gasteiger partial charge in [-0.25, -0.2) is 0 Å². The van der Waals surface area contributed by atoms with Crippen molar-refractivity contribution in [1.29, 1.82) is 0 Å². The number of amides is 1. The highest BCUT2D eigenvalue weighted by atomic mass is 16.5. The highest BCUT2D eigenvalue weighted by Crippen LogP contribution is 2.21. The number of hydrogen-bond acceptors (Lipinski definition) is 3. The molecule has 0 fully saturated rings. The lowest BCUT2D eigenvalue weighted by atomic mass is 10.1. The Labute approximate surface area is 118 Å². The molecule has 0 atom stereocenters. The van der Waals surface area contributed by atoms with E-state index in [0.717, 1.165) is 17.0 Å². The van der Waals surface area contributed by atoms with Gasteiger partial charge in [0.1, 0.15) is 5.75 Å². The van der Waals surface area contributed by atoms with Gasteiger partial charge in [0.05, 0.1) is 7.11 Å². The van der Waals surface area contributed by atoms with E-state index in [1.54, 1.807) is 43.3 Å². The van der Waals surface area contributed by atoms with Gasteiger partial charge < -0.3 is 15.4 Å². The van der Waals surface area contributed by atoms with Gasteiger partial charge in [0.2, 0.25) is 0 Å². The topological polar surface area (TPSA) is 55.6 Å². The predicted octanol–water partition coefficient (Wildman–Crippen LogP) is 2.43. The lowest BCUT2D eigenvalue weighted by Gasteiger charge is -2.20. The normalized spacial score (nSPS) is 10.2. The first-order chi connectivity index (χ1) is 9.67. The lowest BCUT2D eigenvalue weighted by molar-refractivity contribution is 0.0993. The largest absolute Gasteiger partial charge is 0.497 e. The van der Waals surface area contributed by atoms with Crippen molar-refractivity contribution in [1.82, 2.24) is 0 Å². The molecule has 104 valence electrons. The second kappa shape index (κ2) is 6.21. The fraction of sp³-hybridized carbons (Fsp3) is 0.188. The number of para-hydroxylation sites is 1. The molecule has 0 aliphatic carbocycles. The van der Waals surface area contributed by atoms with E-state index in [1.165, 1.54) is 0 Å². The number of carbonyl (C=O) groups excluding carboxylic acids is 1. The highest BCUT2D eigenvalue weighted by Gasteiger charge is 2.15. The van der Waals surface area contributed by atoms with Crippen LogP contribution in [0.1, 0.15) is 15.9 Å². The minimum Gasteiger partial charge on any atom is -0.497 e. The van der Waals surface area contributed by atoms with Gasteiger partial charge in [0.15, 0.2) is 0 Å². The maximum atomic E-state index is 12.5. The van der Waals surface area contributed by atoms with Crippen LogP contribution in [0.4, 0.5) is 5.69 Å². The molecule has 2 rings (SSSR count). The quantitative estimate of drug-likeness (QED) is 0.928. The number of hydrogen-bond donors (Lipinski definition) is 1. The molecule has 1 amide bonds. The van der Waals surface area contributed by atoms with Gasteiger partial charge in [-0.15, -0.1) is 0 Å². The Morgan fingerprint density at radius 1 is 1.15 bits per heavy atom. The van der Waals surface area contributed by atoms with Crippen LogP contribution < -0.4 is 15.4 Å². The third-order valence-corrected chi connectivity index (χ3v) is 3.21. The Bertz CT molecular complexity index is 594. The zero-order valence-corrected chi connectivity index (χ0v) is 11.7. The van der Waals surface area contributed by atoms with Crippen molar-refractivity contribution in [3.05, 3.63) is 59.7 Å². The Balaban J connectivity index is 2.27. The Kier molecular flexibility index (Phi) is 4.38. The van der Waals surface area contributed by atoms with Crippen molar-refractivity contribution < 1.29 is 9.53 Å². The average Bonchev–Trinajstić information content (AvgIpc) is 2.53. The van der Waals surface area contributed by atoms with Crippen LogP contribution in [0.15, 0.2) is 48.5 Å². The standard InChI is InChI=1S/C16H18N2O2/c1-18(15-6-4-3-5-13(15)11-17)16(19)12-7-9-14(20-2)10-8-12/h3-10H,11,17H2,1-2H3. The van der Waals surface area contributed by atoms with E-state index in [9.17, 15) is 4.79 Å². The van der Waals surface area contributed by atoms with Crippen LogP contribution in [-0.2, 0) is 6.54 Å². The Hall–Kier alpha value is -2.33. The van der Waals surface area contributed by atoms with Crippen LogP contribution in [0, 0.1) is 0 Å². The SMILES string of the molecule is COc1ccc(C(=O)N(C)c2ccccc2CN)cc1. The molecule has 0 heterocycles. The summed E-state index contributed by atoms with van der Waals surface area (Å²) in [6.45, 7) is 0.399. The van der Waals surface area contributed by atoms with Crippen molar-refractivity contribution in [3.8, 4) is 5.75 Å². The number of methoxy groups -OCH3 is 1. The molecule has 0 aromatic heterocycles. The molecule has 0 bridgehead atoms. The van der Waals surface area contributed by atoms with E-state index >= 15 is 0 Å². The third-order valence-electron chi connectivity index (χ3n) is 3.21. The molecule has 0 unspecified atom stereocenters. The second-order valence-electron chi connectivity index (χ2n) is 4.43. The van der Waals surface area contributed by atoms with Crippen LogP contribution >= 0.6 is 0 Å². The van der Waals surface area contributed by atoms with Crippen molar-refractivity contribution in [2.24, 2.45) is 5.73 Å². The summed E-state index contributed by atoms with van der Waals surface area (Å²) >= 11 is 0. The van der Waals surface area contributed by atoms with Gasteiger partial charge >= 0.3 is 0 Å². The van der Waals surface area contributed by atoms with Crippen molar-refractivity contribution in [2.75, 3.05) is 19.1 Å². The Morgan fingerprint density at radius 3 is 2.40 bits per heavy atom. The summed E-state index contributed by atoms with van der Waals surface area (Å²) in [6.07, 6.45) is 0. The van der Waals surface area contributed by atoms with Crippen molar-refractivity contribution in [2.45, 2.75) is 6.54 Å². The summed E-state index contributed by atoms with van der Waals surface area (Å²) in [4.78, 5) is 14.1. The maximum absolute atomic E-state index is 12.5. The van der Waals surface area contributed by atoms with Crippen molar-refractivity contribution in [3.63, 3.8) is 0 Å². The molecule has 2 aromatic rings. The monoisotopic (exact) mass is 270 g/mol. The van der Waals surface area contributed by atoms with Crippen LogP contribution in [0.2, 0.25) is 0 Å². The van der Waals surface area contributed by atoms with Gasteiger partial charge in [-0.05, 0) is 35.9 Å². The lowest BCUT2D eigenvalue weighted by Crippen LogP contribution is -2.27. The Morgan fingerprint density at radius 2 is 1.80 bits per heavy atom. The van der Waals surface area contributed by atoms with Gasteiger partial charge in [0, 0.05) is 24.8 Å². The van der Waals surface area contributed by atoms with Gasteiger partial charge in [-0.2, -0.15) is 0 Å². The van der Waals surface area contributed by atoms with Crippen LogP contribution in [0.3, 0.4) is 0 Å². The number of anilines is 1. The first-order valence-electron chi connectivity index (χ1n) is 6.37. The van der Waals surface area contributed by atoms with Gasteiger partial charge in [-0.1, -0.05) is 18.2 Å².